The van der Waals surface area contributed by atoms with Gasteiger partial charge in [-0.05, 0) is 48.6 Å². The number of halogens is 3. The lowest BCUT2D eigenvalue weighted by Crippen LogP contribution is -2.46. The van der Waals surface area contributed by atoms with Crippen LogP contribution in [0.25, 0.3) is 5.69 Å². The normalized spacial score (nSPS) is 13.4. The van der Waals surface area contributed by atoms with Crippen molar-refractivity contribution in [1.82, 2.24) is 19.7 Å². The average molecular weight is 504 g/mol. The predicted octanol–water partition coefficient (Wildman–Crippen LogP) is 2.62. The second kappa shape index (κ2) is 9.88. The first-order valence-corrected chi connectivity index (χ1v) is 11.0. The molecule has 0 bridgehead atoms. The third kappa shape index (κ3) is 5.26. The van der Waals surface area contributed by atoms with Crippen molar-refractivity contribution in [2.45, 2.75) is 25.6 Å². The van der Waals surface area contributed by atoms with E-state index in [2.05, 4.69) is 10.4 Å². The summed E-state index contributed by atoms with van der Waals surface area (Å²) in [5, 5.41) is 6.65. The van der Waals surface area contributed by atoms with Gasteiger partial charge in [0.05, 0.1) is 32.0 Å². The van der Waals surface area contributed by atoms with E-state index in [4.69, 9.17) is 9.47 Å². The number of nitrogens with zero attached hydrogens (tertiary/aromatic N) is 3. The van der Waals surface area contributed by atoms with Gasteiger partial charge in [0.15, 0.2) is 11.5 Å². The Labute approximate surface area is 203 Å². The monoisotopic (exact) mass is 504 g/mol. The van der Waals surface area contributed by atoms with E-state index in [1.54, 1.807) is 0 Å². The lowest BCUT2D eigenvalue weighted by molar-refractivity contribution is -0.137. The number of aromatic nitrogens is 3. The molecular weight excluding hydrogens is 481 g/mol. The molecule has 1 heterocycles. The molecule has 3 aromatic rings. The van der Waals surface area contributed by atoms with Crippen LogP contribution in [0.1, 0.15) is 34.5 Å². The summed E-state index contributed by atoms with van der Waals surface area (Å²) in [7, 11) is 2.82. The molecular formula is C24H23F3N4O5. The minimum Gasteiger partial charge on any atom is -0.493 e. The molecule has 4 rings (SSSR count). The van der Waals surface area contributed by atoms with Crippen molar-refractivity contribution in [2.75, 3.05) is 20.8 Å². The van der Waals surface area contributed by atoms with Crippen LogP contribution in [0.3, 0.4) is 0 Å². The highest BCUT2D eigenvalue weighted by Gasteiger charge is 2.31. The van der Waals surface area contributed by atoms with E-state index in [1.165, 1.54) is 44.6 Å². The summed E-state index contributed by atoms with van der Waals surface area (Å²) in [6.45, 7) is -0.149. The second-order valence-electron chi connectivity index (χ2n) is 8.33. The zero-order chi connectivity index (χ0) is 26.0. The zero-order valence-corrected chi connectivity index (χ0v) is 19.5. The summed E-state index contributed by atoms with van der Waals surface area (Å²) in [5.74, 6) is 0.171. The number of hydrogen-bond donors (Lipinski definition) is 1. The van der Waals surface area contributed by atoms with E-state index in [-0.39, 0.29) is 17.0 Å². The third-order valence-electron chi connectivity index (χ3n) is 5.73. The van der Waals surface area contributed by atoms with Gasteiger partial charge in [-0.1, -0.05) is 12.1 Å². The summed E-state index contributed by atoms with van der Waals surface area (Å²) < 4.78 is 51.5. The Hall–Kier alpha value is -4.09. The smallest absolute Gasteiger partial charge is 0.416 e. The van der Waals surface area contributed by atoms with Gasteiger partial charge >= 0.3 is 11.9 Å². The Morgan fingerprint density at radius 2 is 1.81 bits per heavy atom. The van der Waals surface area contributed by atoms with Crippen molar-refractivity contribution >= 4 is 5.91 Å². The molecule has 1 fully saturated rings. The fourth-order valence-electron chi connectivity index (χ4n) is 3.59. The third-order valence-corrected chi connectivity index (χ3v) is 5.73. The molecule has 0 saturated heterocycles. The Morgan fingerprint density at radius 1 is 1.08 bits per heavy atom. The number of nitrogens with one attached hydrogen (secondary N) is 1. The van der Waals surface area contributed by atoms with E-state index in [9.17, 15) is 27.6 Å². The van der Waals surface area contributed by atoms with Crippen LogP contribution in [0.15, 0.2) is 52.1 Å². The van der Waals surface area contributed by atoms with Gasteiger partial charge in [-0.25, -0.2) is 4.79 Å². The maximum Gasteiger partial charge on any atom is 0.416 e. The molecule has 1 N–H and O–H groups in total. The lowest BCUT2D eigenvalue weighted by atomic mass is 10.1. The molecule has 1 aliphatic carbocycles. The largest absolute Gasteiger partial charge is 0.493 e. The fraction of sp³-hybridized carbons (Fsp3) is 0.333. The van der Waals surface area contributed by atoms with Crippen molar-refractivity contribution in [1.29, 1.82) is 0 Å². The highest BCUT2D eigenvalue weighted by molar-refractivity contribution is 5.91. The van der Waals surface area contributed by atoms with Gasteiger partial charge in [0.1, 0.15) is 0 Å². The Kier molecular flexibility index (Phi) is 6.86. The number of amides is 1. The summed E-state index contributed by atoms with van der Waals surface area (Å²) in [6.07, 6.45) is -2.69. The minimum absolute atomic E-state index is 0.0541. The van der Waals surface area contributed by atoms with E-state index in [1.807, 2.05) is 0 Å². The van der Waals surface area contributed by atoms with Gasteiger partial charge in [-0.2, -0.15) is 23.0 Å². The Morgan fingerprint density at radius 3 is 2.44 bits per heavy atom. The van der Waals surface area contributed by atoms with Crippen LogP contribution < -0.4 is 26.0 Å². The number of rotatable bonds is 8. The van der Waals surface area contributed by atoms with Crippen LogP contribution in [-0.4, -0.2) is 41.0 Å². The van der Waals surface area contributed by atoms with E-state index >= 15 is 0 Å². The minimum atomic E-state index is -4.60. The van der Waals surface area contributed by atoms with Crippen LogP contribution >= 0.6 is 0 Å². The van der Waals surface area contributed by atoms with Crippen LogP contribution in [-0.2, 0) is 12.7 Å². The fourth-order valence-corrected chi connectivity index (χ4v) is 3.59. The number of carbonyl (C=O) groups excluding carboxylic acids is 1. The van der Waals surface area contributed by atoms with E-state index < -0.39 is 41.1 Å². The highest BCUT2D eigenvalue weighted by Crippen LogP contribution is 2.30. The van der Waals surface area contributed by atoms with Crippen molar-refractivity contribution in [2.24, 2.45) is 5.92 Å². The molecule has 2 aromatic carbocycles. The van der Waals surface area contributed by atoms with E-state index in [0.29, 0.717) is 22.8 Å². The number of alkyl halides is 3. The van der Waals surface area contributed by atoms with E-state index in [0.717, 1.165) is 29.7 Å². The van der Waals surface area contributed by atoms with Gasteiger partial charge in [-0.15, -0.1) is 0 Å². The number of benzene rings is 2. The molecule has 1 amide bonds. The molecule has 190 valence electrons. The molecule has 0 aliphatic heterocycles. The van der Waals surface area contributed by atoms with Gasteiger partial charge < -0.3 is 14.8 Å². The number of ether oxygens (including phenoxy) is 2. The number of methoxy groups -OCH3 is 2. The Bertz CT molecular complexity index is 1410. The first kappa shape index (κ1) is 25.0. The van der Waals surface area contributed by atoms with Crippen molar-refractivity contribution in [3.05, 3.63) is 80.1 Å². The maximum atomic E-state index is 13.3. The standard InChI is InChI=1S/C24H23F3N4O5/c1-35-18-9-8-17(11-19(18)36-2)31-23(34)30(13-15-4-3-5-16(10-15)24(25,26)27)22(33)20(29-31)21(32)28-12-14-6-7-14/h3-5,8-11,14H,6-7,12-13H2,1-2H3,(H,28,32). The summed E-state index contributed by atoms with van der Waals surface area (Å²) in [5.41, 5.74) is -3.22. The maximum absolute atomic E-state index is 13.3. The van der Waals surface area contributed by atoms with Crippen molar-refractivity contribution in [3.63, 3.8) is 0 Å². The predicted molar refractivity (Wildman–Crippen MR) is 123 cm³/mol. The molecule has 1 aromatic heterocycles. The molecule has 1 saturated carbocycles. The molecule has 1 aliphatic rings. The van der Waals surface area contributed by atoms with Crippen LogP contribution in [0.5, 0.6) is 11.5 Å². The molecule has 0 spiro atoms. The first-order valence-electron chi connectivity index (χ1n) is 11.0. The molecule has 0 radical (unpaired) electrons. The zero-order valence-electron chi connectivity index (χ0n) is 19.5. The number of hydrogen-bond acceptors (Lipinski definition) is 6. The summed E-state index contributed by atoms with van der Waals surface area (Å²) >= 11 is 0. The van der Waals surface area contributed by atoms with Gasteiger partial charge in [0.25, 0.3) is 11.5 Å². The summed E-state index contributed by atoms with van der Waals surface area (Å²) in [4.78, 5) is 39.3. The quantitative estimate of drug-likeness (QED) is 0.506. The second-order valence-corrected chi connectivity index (χ2v) is 8.33. The van der Waals surface area contributed by atoms with Crippen molar-refractivity contribution in [3.8, 4) is 17.2 Å². The van der Waals surface area contributed by atoms with Gasteiger partial charge in [0.2, 0.25) is 5.69 Å². The van der Waals surface area contributed by atoms with Crippen molar-refractivity contribution < 1.29 is 27.4 Å². The molecule has 0 atom stereocenters. The first-order chi connectivity index (χ1) is 17.1. The van der Waals surface area contributed by atoms with Crippen LogP contribution in [0, 0.1) is 5.92 Å². The SMILES string of the molecule is COc1ccc(-n2nc(C(=O)NCC3CC3)c(=O)n(Cc3cccc(C(F)(F)F)c3)c2=O)cc1OC. The Balaban J connectivity index is 1.84. The topological polar surface area (TPSA) is 104 Å². The number of carbonyl (C=O) groups is 1. The molecule has 12 heteroatoms. The summed E-state index contributed by atoms with van der Waals surface area (Å²) in [6, 6.07) is 8.68. The molecule has 0 unspecified atom stereocenters. The highest BCUT2D eigenvalue weighted by atomic mass is 19.4. The molecule has 9 nitrogen and oxygen atoms in total. The van der Waals surface area contributed by atoms with Gasteiger partial charge in [-0.3, -0.25) is 14.2 Å². The lowest BCUT2D eigenvalue weighted by Gasteiger charge is -2.14. The average Bonchev–Trinajstić information content (AvgIpc) is 3.69. The van der Waals surface area contributed by atoms with Crippen LogP contribution in [0.4, 0.5) is 13.2 Å². The molecule has 36 heavy (non-hydrogen) atoms. The van der Waals surface area contributed by atoms with Crippen LogP contribution in [0.2, 0.25) is 0 Å². The van der Waals surface area contributed by atoms with Gasteiger partial charge in [0, 0.05) is 12.6 Å².